The maximum Gasteiger partial charge on any atom is 0.573 e. The number of alkyl halides is 3. The molecule has 0 atom stereocenters. The fraction of sp³-hybridized carbons (Fsp3) is 0.429. The van der Waals surface area contributed by atoms with E-state index in [0.717, 1.165) is 37.9 Å². The number of piperidine rings is 1. The number of para-hydroxylation sites is 1. The van der Waals surface area contributed by atoms with Crippen LogP contribution >= 0.6 is 0 Å². The summed E-state index contributed by atoms with van der Waals surface area (Å²) in [5, 5.41) is 0. The third-order valence-corrected chi connectivity index (χ3v) is 4.83. The molecule has 0 aromatic heterocycles. The fourth-order valence-corrected chi connectivity index (χ4v) is 3.35. The van der Waals surface area contributed by atoms with Crippen molar-refractivity contribution in [3.05, 3.63) is 60.2 Å². The highest BCUT2D eigenvalue weighted by Gasteiger charge is 2.30. The average molecular weight is 379 g/mol. The molecule has 0 aliphatic carbocycles. The summed E-state index contributed by atoms with van der Waals surface area (Å²) in [4.78, 5) is 2.42. The second-order valence-electron chi connectivity index (χ2n) is 6.80. The molecule has 0 N–H and O–H groups in total. The van der Waals surface area contributed by atoms with Crippen LogP contribution in [0.4, 0.5) is 18.9 Å². The molecule has 0 spiro atoms. The number of hydrogen-bond acceptors (Lipinski definition) is 3. The van der Waals surface area contributed by atoms with Crippen LogP contribution in [-0.4, -0.2) is 26.1 Å². The van der Waals surface area contributed by atoms with Gasteiger partial charge in [0.1, 0.15) is 5.75 Å². The van der Waals surface area contributed by atoms with Crippen molar-refractivity contribution in [2.24, 2.45) is 5.92 Å². The summed E-state index contributed by atoms with van der Waals surface area (Å²) in [5.74, 6) is 0.448. The molecule has 0 saturated carbocycles. The van der Waals surface area contributed by atoms with Gasteiger partial charge in [0.25, 0.3) is 0 Å². The van der Waals surface area contributed by atoms with Gasteiger partial charge < -0.3 is 14.4 Å². The van der Waals surface area contributed by atoms with E-state index in [-0.39, 0.29) is 5.75 Å². The summed E-state index contributed by atoms with van der Waals surface area (Å²) in [6.45, 7) is 3.19. The van der Waals surface area contributed by atoms with Crippen LogP contribution < -0.4 is 9.64 Å². The maximum atomic E-state index is 12.1. The molecule has 0 unspecified atom stereocenters. The lowest BCUT2D eigenvalue weighted by atomic mass is 9.93. The van der Waals surface area contributed by atoms with Crippen LogP contribution in [0.15, 0.2) is 54.6 Å². The number of benzene rings is 2. The molecule has 0 radical (unpaired) electrons. The SMILES string of the molecule is FC(F)(F)Oc1ccc(COCCC2CCN(c3ccccc3)CC2)cc1. The summed E-state index contributed by atoms with van der Waals surface area (Å²) in [6.07, 6.45) is -1.34. The number of rotatable bonds is 7. The topological polar surface area (TPSA) is 21.7 Å². The molecule has 1 aliphatic heterocycles. The Balaban J connectivity index is 1.33. The van der Waals surface area contributed by atoms with Gasteiger partial charge in [-0.1, -0.05) is 30.3 Å². The molecule has 27 heavy (non-hydrogen) atoms. The minimum Gasteiger partial charge on any atom is -0.406 e. The zero-order valence-corrected chi connectivity index (χ0v) is 15.1. The molecular weight excluding hydrogens is 355 g/mol. The van der Waals surface area contributed by atoms with Crippen LogP contribution in [0.5, 0.6) is 5.75 Å². The van der Waals surface area contributed by atoms with Crippen molar-refractivity contribution < 1.29 is 22.6 Å². The highest BCUT2D eigenvalue weighted by Crippen LogP contribution is 2.25. The van der Waals surface area contributed by atoms with Gasteiger partial charge in [-0.2, -0.15) is 0 Å². The number of nitrogens with zero attached hydrogens (tertiary/aromatic N) is 1. The van der Waals surface area contributed by atoms with Gasteiger partial charge in [-0.25, -0.2) is 0 Å². The van der Waals surface area contributed by atoms with Crippen LogP contribution in [-0.2, 0) is 11.3 Å². The first-order chi connectivity index (χ1) is 13.0. The van der Waals surface area contributed by atoms with E-state index in [4.69, 9.17) is 4.74 Å². The van der Waals surface area contributed by atoms with E-state index in [1.54, 1.807) is 12.1 Å². The van der Waals surface area contributed by atoms with E-state index >= 15 is 0 Å². The number of halogens is 3. The molecule has 2 aromatic carbocycles. The molecule has 3 nitrogen and oxygen atoms in total. The van der Waals surface area contributed by atoms with Gasteiger partial charge in [-0.15, -0.1) is 13.2 Å². The first-order valence-corrected chi connectivity index (χ1v) is 9.22. The average Bonchev–Trinajstić information content (AvgIpc) is 2.66. The van der Waals surface area contributed by atoms with Gasteiger partial charge in [-0.05, 0) is 55.0 Å². The highest BCUT2D eigenvalue weighted by molar-refractivity contribution is 5.46. The summed E-state index contributed by atoms with van der Waals surface area (Å²) in [6, 6.07) is 16.3. The molecule has 2 aromatic rings. The molecule has 6 heteroatoms. The maximum absolute atomic E-state index is 12.1. The Morgan fingerprint density at radius 3 is 2.22 bits per heavy atom. The summed E-state index contributed by atoms with van der Waals surface area (Å²) in [7, 11) is 0. The Labute approximate surface area is 157 Å². The zero-order chi connectivity index (χ0) is 19.1. The van der Waals surface area contributed by atoms with Crippen molar-refractivity contribution in [1.29, 1.82) is 0 Å². The van der Waals surface area contributed by atoms with Crippen LogP contribution in [0, 0.1) is 5.92 Å². The second kappa shape index (κ2) is 9.13. The predicted molar refractivity (Wildman–Crippen MR) is 98.8 cm³/mol. The third-order valence-electron chi connectivity index (χ3n) is 4.83. The first-order valence-electron chi connectivity index (χ1n) is 9.22. The highest BCUT2D eigenvalue weighted by atomic mass is 19.4. The Hall–Kier alpha value is -2.21. The molecule has 1 saturated heterocycles. The largest absolute Gasteiger partial charge is 0.573 e. The number of hydrogen-bond donors (Lipinski definition) is 0. The van der Waals surface area contributed by atoms with E-state index in [1.165, 1.54) is 17.8 Å². The van der Waals surface area contributed by atoms with E-state index < -0.39 is 6.36 Å². The molecule has 1 heterocycles. The quantitative estimate of drug-likeness (QED) is 0.601. The minimum absolute atomic E-state index is 0.212. The Morgan fingerprint density at radius 1 is 0.926 bits per heavy atom. The van der Waals surface area contributed by atoms with E-state index in [0.29, 0.717) is 19.1 Å². The minimum atomic E-state index is -4.66. The second-order valence-corrected chi connectivity index (χ2v) is 6.80. The molecule has 1 fully saturated rings. The summed E-state index contributed by atoms with van der Waals surface area (Å²) < 4.78 is 46.0. The standard InChI is InChI=1S/C21H24F3NO2/c22-21(23,24)27-20-8-6-18(7-9-20)16-26-15-12-17-10-13-25(14-11-17)19-4-2-1-3-5-19/h1-9,17H,10-16H2. The van der Waals surface area contributed by atoms with Gasteiger partial charge in [-0.3, -0.25) is 0 Å². The van der Waals surface area contributed by atoms with Gasteiger partial charge in [0, 0.05) is 25.4 Å². The molecule has 0 bridgehead atoms. The zero-order valence-electron chi connectivity index (χ0n) is 15.1. The van der Waals surface area contributed by atoms with E-state index in [9.17, 15) is 13.2 Å². The molecule has 3 rings (SSSR count). The van der Waals surface area contributed by atoms with E-state index in [2.05, 4.69) is 33.9 Å². The Morgan fingerprint density at radius 2 is 1.59 bits per heavy atom. The monoisotopic (exact) mass is 379 g/mol. The van der Waals surface area contributed by atoms with Crippen molar-refractivity contribution in [2.75, 3.05) is 24.6 Å². The number of anilines is 1. The summed E-state index contributed by atoms with van der Waals surface area (Å²) in [5.41, 5.74) is 2.12. The van der Waals surface area contributed by atoms with E-state index in [1.807, 2.05) is 6.07 Å². The van der Waals surface area contributed by atoms with Gasteiger partial charge in [0.05, 0.1) is 6.61 Å². The van der Waals surface area contributed by atoms with Crippen molar-refractivity contribution >= 4 is 5.69 Å². The molecular formula is C21H24F3NO2. The summed E-state index contributed by atoms with van der Waals surface area (Å²) >= 11 is 0. The fourth-order valence-electron chi connectivity index (χ4n) is 3.35. The lowest BCUT2D eigenvalue weighted by molar-refractivity contribution is -0.274. The van der Waals surface area contributed by atoms with Crippen LogP contribution in [0.3, 0.4) is 0 Å². The van der Waals surface area contributed by atoms with Crippen LogP contribution in [0.1, 0.15) is 24.8 Å². The van der Waals surface area contributed by atoms with Crippen LogP contribution in [0.2, 0.25) is 0 Å². The van der Waals surface area contributed by atoms with Gasteiger partial charge >= 0.3 is 6.36 Å². The predicted octanol–water partition coefficient (Wildman–Crippen LogP) is 5.41. The van der Waals surface area contributed by atoms with Crippen molar-refractivity contribution in [3.63, 3.8) is 0 Å². The van der Waals surface area contributed by atoms with Crippen LogP contribution in [0.25, 0.3) is 0 Å². The van der Waals surface area contributed by atoms with Crippen molar-refractivity contribution in [3.8, 4) is 5.75 Å². The van der Waals surface area contributed by atoms with Crippen molar-refractivity contribution in [1.82, 2.24) is 0 Å². The Kier molecular flexibility index (Phi) is 6.61. The smallest absolute Gasteiger partial charge is 0.406 e. The third kappa shape index (κ3) is 6.47. The van der Waals surface area contributed by atoms with Gasteiger partial charge in [0.2, 0.25) is 0 Å². The molecule has 0 amide bonds. The first kappa shape index (κ1) is 19.5. The lowest BCUT2D eigenvalue weighted by Crippen LogP contribution is -2.33. The Bertz CT molecular complexity index is 681. The number of ether oxygens (including phenoxy) is 2. The van der Waals surface area contributed by atoms with Gasteiger partial charge in [0.15, 0.2) is 0 Å². The van der Waals surface area contributed by atoms with Crippen molar-refractivity contribution in [2.45, 2.75) is 32.2 Å². The molecule has 1 aliphatic rings. The normalized spacial score (nSPS) is 15.7. The molecule has 146 valence electrons. The lowest BCUT2D eigenvalue weighted by Gasteiger charge is -2.33.